The number of ketones is 1. The van der Waals surface area contributed by atoms with Gasteiger partial charge in [0.1, 0.15) is 22.1 Å². The van der Waals surface area contributed by atoms with Crippen LogP contribution in [0.2, 0.25) is 0 Å². The molecule has 0 unspecified atom stereocenters. The Morgan fingerprint density at radius 1 is 1.11 bits per heavy atom. The number of carbonyl (C=O) groups excluding carboxylic acids is 1. The van der Waals surface area contributed by atoms with E-state index in [0.29, 0.717) is 12.4 Å². The molecule has 0 amide bonds. The maximum absolute atomic E-state index is 11.5. The first-order valence-electron chi connectivity index (χ1n) is 9.37. The minimum atomic E-state index is 0.100. The lowest BCUT2D eigenvalue weighted by Crippen LogP contribution is -2.25. The molecule has 0 aliphatic carbocycles. The van der Waals surface area contributed by atoms with Crippen LogP contribution in [-0.2, 0) is 4.79 Å². The number of aromatic nitrogens is 3. The van der Waals surface area contributed by atoms with Crippen molar-refractivity contribution in [3.8, 4) is 11.5 Å². The Morgan fingerprint density at radius 3 is 2.33 bits per heavy atom. The van der Waals surface area contributed by atoms with Crippen molar-refractivity contribution in [2.75, 3.05) is 18.5 Å². The van der Waals surface area contributed by atoms with Crippen molar-refractivity contribution < 1.29 is 4.79 Å². The summed E-state index contributed by atoms with van der Waals surface area (Å²) in [5.41, 5.74) is 1.90. The number of rotatable bonds is 4. The highest BCUT2D eigenvalue weighted by molar-refractivity contribution is 7.18. The topological polar surface area (TPSA) is 59.0 Å². The Bertz CT molecular complexity index is 875. The third-order valence-electron chi connectivity index (χ3n) is 3.72. The lowest BCUT2D eigenvalue weighted by Gasteiger charge is -2.18. The van der Waals surface area contributed by atoms with Crippen LogP contribution < -0.4 is 4.90 Å². The minimum Gasteiger partial charge on any atom is -0.352 e. The molecule has 0 aliphatic rings. The van der Waals surface area contributed by atoms with E-state index < -0.39 is 0 Å². The summed E-state index contributed by atoms with van der Waals surface area (Å²) >= 11 is 1.65. The molecular formula is C21H30N4OS. The summed E-state index contributed by atoms with van der Waals surface area (Å²) < 4.78 is 0. The molecule has 3 aromatic heterocycles. The van der Waals surface area contributed by atoms with Crippen LogP contribution in [0, 0.1) is 13.8 Å². The second-order valence-corrected chi connectivity index (χ2v) is 6.81. The van der Waals surface area contributed by atoms with Gasteiger partial charge in [0.05, 0.1) is 11.9 Å². The maximum Gasteiger partial charge on any atom is 0.181 e. The van der Waals surface area contributed by atoms with Gasteiger partial charge in [-0.3, -0.25) is 9.78 Å². The van der Waals surface area contributed by atoms with Gasteiger partial charge >= 0.3 is 0 Å². The second kappa shape index (κ2) is 10.7. The van der Waals surface area contributed by atoms with Gasteiger partial charge in [0.25, 0.3) is 0 Å². The van der Waals surface area contributed by atoms with Crippen molar-refractivity contribution in [3.05, 3.63) is 34.8 Å². The first-order valence-corrected chi connectivity index (χ1v) is 10.2. The summed E-state index contributed by atoms with van der Waals surface area (Å²) in [6.45, 7) is 14.1. The highest BCUT2D eigenvalue weighted by atomic mass is 32.1. The maximum atomic E-state index is 11.5. The van der Waals surface area contributed by atoms with E-state index in [1.807, 2.05) is 57.8 Å². The fourth-order valence-electron chi connectivity index (χ4n) is 2.52. The Morgan fingerprint density at radius 2 is 1.78 bits per heavy atom. The summed E-state index contributed by atoms with van der Waals surface area (Å²) in [5.74, 6) is 1.47. The molecule has 5 nitrogen and oxygen atoms in total. The van der Waals surface area contributed by atoms with Crippen LogP contribution in [0.3, 0.4) is 0 Å². The number of nitrogens with zero attached hydrogens (tertiary/aromatic N) is 4. The number of aryl methyl sites for hydroxylation is 2. The highest BCUT2D eigenvalue weighted by Crippen LogP contribution is 2.35. The Hall–Kier alpha value is -2.34. The van der Waals surface area contributed by atoms with Crippen molar-refractivity contribution in [2.45, 2.75) is 48.5 Å². The number of hydrogen-bond donors (Lipinski definition) is 0. The molecule has 0 spiro atoms. The average molecular weight is 387 g/mol. The molecule has 0 N–H and O–H groups in total. The van der Waals surface area contributed by atoms with Gasteiger partial charge in [-0.05, 0) is 38.5 Å². The second-order valence-electron chi connectivity index (χ2n) is 5.61. The molecule has 0 bridgehead atoms. The average Bonchev–Trinajstić information content (AvgIpc) is 2.98. The van der Waals surface area contributed by atoms with Crippen LogP contribution in [-0.4, -0.2) is 34.3 Å². The molecule has 0 fully saturated rings. The molecule has 0 saturated carbocycles. The van der Waals surface area contributed by atoms with Crippen molar-refractivity contribution in [2.24, 2.45) is 0 Å². The molecule has 0 radical (unpaired) electrons. The van der Waals surface area contributed by atoms with E-state index in [9.17, 15) is 4.79 Å². The SMILES string of the molecule is CC.CC.CC(=O)CN(C)c1nc(-c2ccccn2)nc2sc(C)c(C)c12. The zero-order chi connectivity index (χ0) is 20.6. The van der Waals surface area contributed by atoms with Crippen LogP contribution in [0.1, 0.15) is 45.1 Å². The lowest BCUT2D eigenvalue weighted by molar-refractivity contribution is -0.115. The van der Waals surface area contributed by atoms with Crippen LogP contribution in [0.4, 0.5) is 5.82 Å². The van der Waals surface area contributed by atoms with Gasteiger partial charge in [0.15, 0.2) is 5.82 Å². The van der Waals surface area contributed by atoms with Gasteiger partial charge in [-0.25, -0.2) is 9.97 Å². The molecule has 0 aliphatic heterocycles. The summed E-state index contributed by atoms with van der Waals surface area (Å²) in [7, 11) is 1.89. The normalized spacial score (nSPS) is 9.78. The zero-order valence-electron chi connectivity index (χ0n) is 17.6. The minimum absolute atomic E-state index is 0.100. The molecule has 0 atom stereocenters. The third-order valence-corrected chi connectivity index (χ3v) is 4.83. The Labute approximate surface area is 166 Å². The number of likely N-dealkylation sites (N-methyl/N-ethyl adjacent to an activating group) is 1. The lowest BCUT2D eigenvalue weighted by atomic mass is 10.2. The van der Waals surface area contributed by atoms with Gasteiger partial charge in [-0.1, -0.05) is 33.8 Å². The van der Waals surface area contributed by atoms with E-state index in [-0.39, 0.29) is 5.78 Å². The fourth-order valence-corrected chi connectivity index (χ4v) is 3.55. The molecule has 27 heavy (non-hydrogen) atoms. The molecule has 3 aromatic rings. The largest absolute Gasteiger partial charge is 0.352 e. The summed E-state index contributed by atoms with van der Waals surface area (Å²) in [4.78, 5) is 29.3. The van der Waals surface area contributed by atoms with E-state index in [1.165, 1.54) is 10.4 Å². The van der Waals surface area contributed by atoms with Gasteiger partial charge < -0.3 is 4.90 Å². The van der Waals surface area contributed by atoms with Gasteiger partial charge in [0.2, 0.25) is 0 Å². The first kappa shape index (κ1) is 22.7. The van der Waals surface area contributed by atoms with E-state index in [1.54, 1.807) is 24.5 Å². The number of thiophene rings is 1. The predicted octanol–water partition coefficient (Wildman–Crippen LogP) is 5.45. The number of hydrogen-bond acceptors (Lipinski definition) is 6. The van der Waals surface area contributed by atoms with E-state index in [0.717, 1.165) is 21.7 Å². The number of Topliss-reactive ketones (excluding diaryl/α,β-unsaturated/α-hetero) is 1. The summed E-state index contributed by atoms with van der Waals surface area (Å²) in [6.07, 6.45) is 1.73. The number of fused-ring (bicyclic) bond motifs is 1. The van der Waals surface area contributed by atoms with E-state index in [4.69, 9.17) is 4.98 Å². The fraction of sp³-hybridized carbons (Fsp3) is 0.429. The smallest absolute Gasteiger partial charge is 0.181 e. The van der Waals surface area contributed by atoms with E-state index >= 15 is 0 Å². The van der Waals surface area contributed by atoms with E-state index in [2.05, 4.69) is 23.8 Å². The molecule has 3 heterocycles. The Balaban J connectivity index is 0.000000855. The summed E-state index contributed by atoms with van der Waals surface area (Å²) in [5, 5.41) is 1.02. The third kappa shape index (κ3) is 5.32. The summed E-state index contributed by atoms with van der Waals surface area (Å²) in [6, 6.07) is 5.67. The van der Waals surface area contributed by atoms with Crippen LogP contribution >= 0.6 is 11.3 Å². The van der Waals surface area contributed by atoms with Gasteiger partial charge in [0, 0.05) is 18.1 Å². The molecule has 6 heteroatoms. The van der Waals surface area contributed by atoms with Crippen LogP contribution in [0.5, 0.6) is 0 Å². The number of anilines is 1. The van der Waals surface area contributed by atoms with Crippen molar-refractivity contribution in [1.29, 1.82) is 0 Å². The van der Waals surface area contributed by atoms with Crippen LogP contribution in [0.15, 0.2) is 24.4 Å². The first-order chi connectivity index (χ1) is 13.0. The standard InChI is InChI=1S/C17H18N4OS.2C2H6/c1-10(22)9-21(4)16-14-11(2)12(3)23-17(14)20-15(19-16)13-7-5-6-8-18-13;2*1-2/h5-8H,9H2,1-4H3;2*1-2H3. The predicted molar refractivity (Wildman–Crippen MR) is 117 cm³/mol. The van der Waals surface area contributed by atoms with Crippen LogP contribution in [0.25, 0.3) is 21.7 Å². The zero-order valence-corrected chi connectivity index (χ0v) is 18.4. The quantitative estimate of drug-likeness (QED) is 0.597. The Kier molecular flexibility index (Phi) is 9.02. The number of carbonyl (C=O) groups is 1. The van der Waals surface area contributed by atoms with Crippen molar-refractivity contribution in [1.82, 2.24) is 15.0 Å². The highest BCUT2D eigenvalue weighted by Gasteiger charge is 2.19. The van der Waals surface area contributed by atoms with Crippen molar-refractivity contribution in [3.63, 3.8) is 0 Å². The molecule has 0 saturated heterocycles. The van der Waals surface area contributed by atoms with Gasteiger partial charge in [-0.15, -0.1) is 11.3 Å². The molecule has 146 valence electrons. The van der Waals surface area contributed by atoms with Gasteiger partial charge in [-0.2, -0.15) is 0 Å². The molecule has 0 aromatic carbocycles. The van der Waals surface area contributed by atoms with Crippen molar-refractivity contribution >= 4 is 33.2 Å². The monoisotopic (exact) mass is 386 g/mol. The number of pyridine rings is 1. The molecule has 3 rings (SSSR count). The molecular weight excluding hydrogens is 356 g/mol.